The second-order valence-corrected chi connectivity index (χ2v) is 8.65. The molecular weight excluding hydrogens is 416 g/mol. The van der Waals surface area contributed by atoms with E-state index >= 15 is 0 Å². The number of hydrogen-bond donors (Lipinski definition) is 2. The fourth-order valence-corrected chi connectivity index (χ4v) is 3.85. The van der Waals surface area contributed by atoms with Crippen LogP contribution in [0.2, 0.25) is 0 Å². The Morgan fingerprint density at radius 2 is 1.55 bits per heavy atom. The first kappa shape index (κ1) is 22.2. The molecule has 0 unspecified atom stereocenters. The van der Waals surface area contributed by atoms with Crippen LogP contribution in [-0.4, -0.2) is 28.0 Å². The van der Waals surface area contributed by atoms with Gasteiger partial charge in [-0.3, -0.25) is 9.52 Å². The van der Waals surface area contributed by atoms with E-state index < -0.39 is 10.0 Å². The normalized spacial score (nSPS) is 10.9. The van der Waals surface area contributed by atoms with Crippen molar-refractivity contribution in [2.24, 2.45) is 0 Å². The topological polar surface area (TPSA) is 93.7 Å². The van der Waals surface area contributed by atoms with Crippen molar-refractivity contribution in [3.8, 4) is 11.5 Å². The van der Waals surface area contributed by atoms with Gasteiger partial charge in [0.15, 0.2) is 6.61 Å². The summed E-state index contributed by atoms with van der Waals surface area (Å²) in [5.74, 6) is 0.943. The number of ether oxygens (including phenoxy) is 2. The number of sulfonamides is 1. The first-order valence-electron chi connectivity index (χ1n) is 9.54. The summed E-state index contributed by atoms with van der Waals surface area (Å²) in [5.41, 5.74) is 2.87. The Labute approximate surface area is 182 Å². The van der Waals surface area contributed by atoms with E-state index in [1.54, 1.807) is 24.3 Å². The second kappa shape index (κ2) is 9.53. The average Bonchev–Trinajstić information content (AvgIpc) is 2.75. The van der Waals surface area contributed by atoms with Gasteiger partial charge in [-0.2, -0.15) is 0 Å². The van der Waals surface area contributed by atoms with Gasteiger partial charge in [0.05, 0.1) is 12.0 Å². The van der Waals surface area contributed by atoms with E-state index in [1.165, 1.54) is 31.4 Å². The summed E-state index contributed by atoms with van der Waals surface area (Å²) in [6.45, 7) is 3.71. The first-order valence-corrected chi connectivity index (χ1v) is 11.0. The molecule has 0 aliphatic carbocycles. The number of aryl methyl sites for hydroxylation is 2. The van der Waals surface area contributed by atoms with Crippen LogP contribution in [0, 0.1) is 13.8 Å². The minimum absolute atomic E-state index is 0.0768. The van der Waals surface area contributed by atoms with Gasteiger partial charge in [0.25, 0.3) is 15.9 Å². The lowest BCUT2D eigenvalue weighted by molar-refractivity contribution is -0.118. The molecule has 7 nitrogen and oxygen atoms in total. The molecule has 0 spiro atoms. The second-order valence-electron chi connectivity index (χ2n) is 6.96. The fourth-order valence-electron chi connectivity index (χ4n) is 2.79. The average molecular weight is 441 g/mol. The van der Waals surface area contributed by atoms with Crippen molar-refractivity contribution < 1.29 is 22.7 Å². The number of benzene rings is 3. The van der Waals surface area contributed by atoms with Gasteiger partial charge >= 0.3 is 0 Å². The van der Waals surface area contributed by atoms with E-state index in [0.717, 1.165) is 11.1 Å². The van der Waals surface area contributed by atoms with Crippen LogP contribution in [-0.2, 0) is 14.8 Å². The van der Waals surface area contributed by atoms with Gasteiger partial charge in [-0.25, -0.2) is 8.42 Å². The molecule has 0 aliphatic rings. The SMILES string of the molecule is COc1ccc(NS(=O)(=O)c2ccc(NC(=O)COc3cc(C)ccc3C)cc2)cc1. The zero-order chi connectivity index (χ0) is 22.4. The Kier molecular flexibility index (Phi) is 6.81. The lowest BCUT2D eigenvalue weighted by atomic mass is 10.1. The van der Waals surface area contributed by atoms with Gasteiger partial charge in [0.1, 0.15) is 11.5 Å². The van der Waals surface area contributed by atoms with Crippen molar-refractivity contribution in [1.82, 2.24) is 0 Å². The molecule has 0 fully saturated rings. The van der Waals surface area contributed by atoms with E-state index in [4.69, 9.17) is 9.47 Å². The molecule has 0 radical (unpaired) electrons. The summed E-state index contributed by atoms with van der Waals surface area (Å²) in [6, 6.07) is 18.2. The third kappa shape index (κ3) is 5.99. The summed E-state index contributed by atoms with van der Waals surface area (Å²) < 4.78 is 38.3. The maximum atomic E-state index is 12.6. The summed E-state index contributed by atoms with van der Waals surface area (Å²) in [6.07, 6.45) is 0. The van der Waals surface area contributed by atoms with Crippen molar-refractivity contribution in [2.45, 2.75) is 18.7 Å². The van der Waals surface area contributed by atoms with Gasteiger partial charge in [-0.05, 0) is 79.6 Å². The number of carbonyl (C=O) groups is 1. The molecule has 2 N–H and O–H groups in total. The van der Waals surface area contributed by atoms with E-state index in [0.29, 0.717) is 22.9 Å². The van der Waals surface area contributed by atoms with E-state index in [-0.39, 0.29) is 17.4 Å². The van der Waals surface area contributed by atoms with E-state index in [1.807, 2.05) is 32.0 Å². The van der Waals surface area contributed by atoms with Crippen LogP contribution >= 0.6 is 0 Å². The van der Waals surface area contributed by atoms with Gasteiger partial charge < -0.3 is 14.8 Å². The van der Waals surface area contributed by atoms with Crippen LogP contribution in [0.15, 0.2) is 71.6 Å². The molecule has 31 heavy (non-hydrogen) atoms. The Morgan fingerprint density at radius 3 is 2.19 bits per heavy atom. The number of methoxy groups -OCH3 is 1. The predicted octanol–water partition coefficient (Wildman–Crippen LogP) is 4.13. The smallest absolute Gasteiger partial charge is 0.262 e. The minimum atomic E-state index is -3.76. The standard InChI is InChI=1S/C23H24N2O5S/c1-16-4-5-17(2)22(14-16)30-15-23(26)24-18-8-12-21(13-9-18)31(27,28)25-19-6-10-20(29-3)11-7-19/h4-14,25H,15H2,1-3H3,(H,24,26). The number of rotatable bonds is 8. The highest BCUT2D eigenvalue weighted by molar-refractivity contribution is 7.92. The van der Waals surface area contributed by atoms with E-state index in [9.17, 15) is 13.2 Å². The summed E-state index contributed by atoms with van der Waals surface area (Å²) in [7, 11) is -2.22. The predicted molar refractivity (Wildman–Crippen MR) is 120 cm³/mol. The number of amides is 1. The van der Waals surface area contributed by atoms with Gasteiger partial charge in [0.2, 0.25) is 0 Å². The fraction of sp³-hybridized carbons (Fsp3) is 0.174. The molecule has 0 saturated carbocycles. The van der Waals surface area contributed by atoms with Crippen LogP contribution in [0.3, 0.4) is 0 Å². The largest absolute Gasteiger partial charge is 0.497 e. The molecule has 0 heterocycles. The zero-order valence-electron chi connectivity index (χ0n) is 17.5. The van der Waals surface area contributed by atoms with E-state index in [2.05, 4.69) is 10.0 Å². The molecule has 3 rings (SSSR count). The van der Waals surface area contributed by atoms with Crippen LogP contribution in [0.4, 0.5) is 11.4 Å². The molecular formula is C23H24N2O5S. The number of anilines is 2. The highest BCUT2D eigenvalue weighted by Gasteiger charge is 2.14. The molecule has 0 bridgehead atoms. The maximum absolute atomic E-state index is 12.6. The number of carbonyl (C=O) groups excluding carboxylic acids is 1. The molecule has 0 aromatic heterocycles. The third-order valence-corrected chi connectivity index (χ3v) is 5.89. The molecule has 0 aliphatic heterocycles. The molecule has 0 saturated heterocycles. The molecule has 1 amide bonds. The molecule has 8 heteroatoms. The first-order chi connectivity index (χ1) is 14.8. The van der Waals surface area contributed by atoms with Crippen molar-refractivity contribution in [2.75, 3.05) is 23.8 Å². The minimum Gasteiger partial charge on any atom is -0.497 e. The van der Waals surface area contributed by atoms with Crippen molar-refractivity contribution in [3.63, 3.8) is 0 Å². The summed E-state index contributed by atoms with van der Waals surface area (Å²) >= 11 is 0. The Balaban J connectivity index is 1.59. The summed E-state index contributed by atoms with van der Waals surface area (Å²) in [4.78, 5) is 12.3. The van der Waals surface area contributed by atoms with Crippen LogP contribution in [0.25, 0.3) is 0 Å². The van der Waals surface area contributed by atoms with Gasteiger partial charge in [-0.1, -0.05) is 12.1 Å². The van der Waals surface area contributed by atoms with Crippen molar-refractivity contribution >= 4 is 27.3 Å². The highest BCUT2D eigenvalue weighted by atomic mass is 32.2. The summed E-state index contributed by atoms with van der Waals surface area (Å²) in [5, 5.41) is 2.69. The van der Waals surface area contributed by atoms with Crippen LogP contribution in [0.5, 0.6) is 11.5 Å². The van der Waals surface area contributed by atoms with Crippen LogP contribution < -0.4 is 19.5 Å². The molecule has 3 aromatic carbocycles. The monoisotopic (exact) mass is 440 g/mol. The lowest BCUT2D eigenvalue weighted by Gasteiger charge is -2.11. The Morgan fingerprint density at radius 1 is 0.903 bits per heavy atom. The molecule has 162 valence electrons. The van der Waals surface area contributed by atoms with Crippen molar-refractivity contribution in [3.05, 3.63) is 77.9 Å². The zero-order valence-corrected chi connectivity index (χ0v) is 18.3. The number of hydrogen-bond acceptors (Lipinski definition) is 5. The van der Waals surface area contributed by atoms with Crippen LogP contribution in [0.1, 0.15) is 11.1 Å². The Hall–Kier alpha value is -3.52. The lowest BCUT2D eigenvalue weighted by Crippen LogP contribution is -2.20. The van der Waals surface area contributed by atoms with Gasteiger partial charge in [0, 0.05) is 11.4 Å². The molecule has 0 atom stereocenters. The van der Waals surface area contributed by atoms with Gasteiger partial charge in [-0.15, -0.1) is 0 Å². The third-order valence-electron chi connectivity index (χ3n) is 4.49. The quantitative estimate of drug-likeness (QED) is 0.549. The number of nitrogens with one attached hydrogen (secondary N) is 2. The maximum Gasteiger partial charge on any atom is 0.262 e. The molecule has 3 aromatic rings. The highest BCUT2D eigenvalue weighted by Crippen LogP contribution is 2.21. The van der Waals surface area contributed by atoms with Crippen molar-refractivity contribution in [1.29, 1.82) is 0 Å². The Bertz CT molecular complexity index is 1160.